The maximum Gasteiger partial charge on any atom is 0.302 e. The Morgan fingerprint density at radius 1 is 1.47 bits per heavy atom. The molecule has 1 aromatic carbocycles. The van der Waals surface area contributed by atoms with Gasteiger partial charge in [-0.15, -0.1) is 0 Å². The highest BCUT2D eigenvalue weighted by molar-refractivity contribution is 7.97. The molecule has 0 saturated heterocycles. The zero-order valence-electron chi connectivity index (χ0n) is 10.1. The van der Waals surface area contributed by atoms with Crippen molar-refractivity contribution in [3.8, 4) is 0 Å². The second kappa shape index (κ2) is 6.42. The van der Waals surface area contributed by atoms with E-state index in [1.54, 1.807) is 18.2 Å². The van der Waals surface area contributed by atoms with E-state index in [1.807, 2.05) is 18.4 Å². The van der Waals surface area contributed by atoms with Crippen molar-refractivity contribution in [2.75, 3.05) is 14.1 Å². The van der Waals surface area contributed by atoms with Gasteiger partial charge in [0.2, 0.25) is 0 Å². The number of aldehydes is 1. The quantitative estimate of drug-likeness (QED) is 0.457. The van der Waals surface area contributed by atoms with E-state index in [-0.39, 0.29) is 12.6 Å². The summed E-state index contributed by atoms with van der Waals surface area (Å²) < 4.78 is 6.88. The Labute approximate surface area is 105 Å². The topological polar surface area (TPSA) is 46.6 Å². The third-order valence-corrected chi connectivity index (χ3v) is 2.88. The van der Waals surface area contributed by atoms with Crippen molar-refractivity contribution >= 4 is 24.2 Å². The highest BCUT2D eigenvalue weighted by Crippen LogP contribution is 2.25. The van der Waals surface area contributed by atoms with Crippen molar-refractivity contribution in [2.24, 2.45) is 0 Å². The molecule has 0 amide bonds. The van der Waals surface area contributed by atoms with Gasteiger partial charge in [-0.2, -0.15) is 0 Å². The van der Waals surface area contributed by atoms with Gasteiger partial charge in [-0.05, 0) is 32.1 Å². The molecular formula is C12H15NO3S. The number of hydrogen-bond donors (Lipinski definition) is 0. The first-order chi connectivity index (χ1) is 8.02. The van der Waals surface area contributed by atoms with Crippen LogP contribution in [-0.4, -0.2) is 30.7 Å². The van der Waals surface area contributed by atoms with E-state index >= 15 is 0 Å². The van der Waals surface area contributed by atoms with Crippen LogP contribution < -0.4 is 0 Å². The summed E-state index contributed by atoms with van der Waals surface area (Å²) in [6.07, 6.45) is 0.801. The van der Waals surface area contributed by atoms with Gasteiger partial charge < -0.3 is 4.74 Å². The Morgan fingerprint density at radius 3 is 2.71 bits per heavy atom. The monoisotopic (exact) mass is 253 g/mol. The number of carbonyl (C=O) groups excluding carboxylic acids is 2. The van der Waals surface area contributed by atoms with Crippen molar-refractivity contribution in [2.45, 2.75) is 18.4 Å². The summed E-state index contributed by atoms with van der Waals surface area (Å²) in [6, 6.07) is 5.31. The summed E-state index contributed by atoms with van der Waals surface area (Å²) in [7, 11) is 3.82. The van der Waals surface area contributed by atoms with Crippen molar-refractivity contribution in [3.05, 3.63) is 29.3 Å². The maximum absolute atomic E-state index is 10.8. The second-order valence-electron chi connectivity index (χ2n) is 3.67. The lowest BCUT2D eigenvalue weighted by molar-refractivity contribution is -0.142. The standard InChI is InChI=1S/C12H15NO3S/c1-9(15)16-8-11-5-4-10(7-14)6-12(11)17-13(2)3/h4-7H,8H2,1-3H3. The van der Waals surface area contributed by atoms with Crippen LogP contribution in [0.3, 0.4) is 0 Å². The number of benzene rings is 1. The lowest BCUT2D eigenvalue weighted by atomic mass is 10.1. The molecule has 4 nitrogen and oxygen atoms in total. The van der Waals surface area contributed by atoms with Gasteiger partial charge in [0.1, 0.15) is 12.9 Å². The lowest BCUT2D eigenvalue weighted by Crippen LogP contribution is -2.04. The number of carbonyl (C=O) groups is 2. The van der Waals surface area contributed by atoms with E-state index in [4.69, 9.17) is 4.74 Å². The number of rotatable bonds is 5. The molecule has 0 aromatic heterocycles. The summed E-state index contributed by atoms with van der Waals surface area (Å²) in [4.78, 5) is 22.4. The minimum absolute atomic E-state index is 0.227. The average molecular weight is 253 g/mol. The van der Waals surface area contributed by atoms with E-state index in [9.17, 15) is 9.59 Å². The van der Waals surface area contributed by atoms with Gasteiger partial charge >= 0.3 is 5.97 Å². The van der Waals surface area contributed by atoms with E-state index in [0.717, 1.165) is 16.7 Å². The van der Waals surface area contributed by atoms with Crippen LogP contribution in [0.4, 0.5) is 0 Å². The molecule has 0 bridgehead atoms. The molecule has 0 aliphatic heterocycles. The largest absolute Gasteiger partial charge is 0.461 e. The van der Waals surface area contributed by atoms with Crippen LogP contribution in [0.5, 0.6) is 0 Å². The first-order valence-corrected chi connectivity index (χ1v) is 5.87. The van der Waals surface area contributed by atoms with Crippen LogP contribution in [0.25, 0.3) is 0 Å². The third-order valence-electron chi connectivity index (χ3n) is 1.94. The molecule has 1 aromatic rings. The van der Waals surface area contributed by atoms with Gasteiger partial charge in [0.15, 0.2) is 0 Å². The van der Waals surface area contributed by atoms with Gasteiger partial charge in [-0.25, -0.2) is 0 Å². The zero-order valence-corrected chi connectivity index (χ0v) is 10.9. The van der Waals surface area contributed by atoms with Gasteiger partial charge in [0.05, 0.1) is 0 Å². The summed E-state index contributed by atoms with van der Waals surface area (Å²) >= 11 is 1.49. The van der Waals surface area contributed by atoms with Crippen LogP contribution >= 0.6 is 11.9 Å². The Balaban J connectivity index is 2.93. The SMILES string of the molecule is CC(=O)OCc1ccc(C=O)cc1SN(C)C. The van der Waals surface area contributed by atoms with Crippen LogP contribution in [0, 0.1) is 0 Å². The molecule has 0 N–H and O–H groups in total. The molecule has 0 unspecified atom stereocenters. The van der Waals surface area contributed by atoms with Crippen molar-refractivity contribution in [1.82, 2.24) is 4.31 Å². The van der Waals surface area contributed by atoms with Crippen molar-refractivity contribution in [3.63, 3.8) is 0 Å². The summed E-state index contributed by atoms with van der Waals surface area (Å²) in [5.41, 5.74) is 1.51. The molecule has 17 heavy (non-hydrogen) atoms. The minimum atomic E-state index is -0.315. The molecule has 0 spiro atoms. The molecule has 0 atom stereocenters. The molecule has 0 saturated carbocycles. The van der Waals surface area contributed by atoms with Crippen molar-refractivity contribution < 1.29 is 14.3 Å². The van der Waals surface area contributed by atoms with E-state index in [0.29, 0.717) is 5.56 Å². The number of esters is 1. The number of hydrogen-bond acceptors (Lipinski definition) is 5. The Morgan fingerprint density at radius 2 is 2.18 bits per heavy atom. The van der Waals surface area contributed by atoms with Gasteiger partial charge in [-0.3, -0.25) is 13.9 Å². The molecule has 92 valence electrons. The summed E-state index contributed by atoms with van der Waals surface area (Å²) in [5, 5.41) is 0. The molecular weight excluding hydrogens is 238 g/mol. The molecule has 0 aliphatic carbocycles. The molecule has 0 aliphatic rings. The smallest absolute Gasteiger partial charge is 0.302 e. The Kier molecular flexibility index (Phi) is 5.18. The van der Waals surface area contributed by atoms with E-state index in [1.165, 1.54) is 18.9 Å². The van der Waals surface area contributed by atoms with Crippen LogP contribution in [-0.2, 0) is 16.1 Å². The predicted molar refractivity (Wildman–Crippen MR) is 66.8 cm³/mol. The Hall–Kier alpha value is -1.33. The van der Waals surface area contributed by atoms with E-state index < -0.39 is 0 Å². The maximum atomic E-state index is 10.8. The number of ether oxygens (including phenoxy) is 1. The third kappa shape index (κ3) is 4.58. The van der Waals surface area contributed by atoms with Crippen LogP contribution in [0.1, 0.15) is 22.8 Å². The summed E-state index contributed by atoms with van der Waals surface area (Å²) in [6.45, 7) is 1.60. The molecule has 1 rings (SSSR count). The number of nitrogens with zero attached hydrogens (tertiary/aromatic N) is 1. The van der Waals surface area contributed by atoms with Crippen molar-refractivity contribution in [1.29, 1.82) is 0 Å². The Bertz CT molecular complexity index is 418. The minimum Gasteiger partial charge on any atom is -0.461 e. The normalized spacial score (nSPS) is 10.4. The van der Waals surface area contributed by atoms with Gasteiger partial charge in [0.25, 0.3) is 0 Å². The predicted octanol–water partition coefficient (Wildman–Crippen LogP) is 2.13. The first-order valence-electron chi connectivity index (χ1n) is 5.09. The summed E-state index contributed by atoms with van der Waals surface area (Å²) in [5.74, 6) is -0.315. The zero-order chi connectivity index (χ0) is 12.8. The fraction of sp³-hybridized carbons (Fsp3) is 0.333. The second-order valence-corrected chi connectivity index (χ2v) is 5.02. The molecule has 0 radical (unpaired) electrons. The molecule has 0 heterocycles. The van der Waals surface area contributed by atoms with E-state index in [2.05, 4.69) is 0 Å². The van der Waals surface area contributed by atoms with Gasteiger partial charge in [-0.1, -0.05) is 12.1 Å². The first kappa shape index (κ1) is 13.7. The lowest BCUT2D eigenvalue weighted by Gasteiger charge is -2.13. The van der Waals surface area contributed by atoms with Crippen LogP contribution in [0.15, 0.2) is 23.1 Å². The fourth-order valence-electron chi connectivity index (χ4n) is 1.22. The molecule has 0 fully saturated rings. The van der Waals surface area contributed by atoms with Gasteiger partial charge in [0, 0.05) is 22.9 Å². The highest BCUT2D eigenvalue weighted by Gasteiger charge is 2.07. The molecule has 5 heteroatoms. The van der Waals surface area contributed by atoms with Crippen LogP contribution in [0.2, 0.25) is 0 Å². The highest BCUT2D eigenvalue weighted by atomic mass is 32.2. The fourth-order valence-corrected chi connectivity index (χ4v) is 2.05. The average Bonchev–Trinajstić information content (AvgIpc) is 2.26.